The van der Waals surface area contributed by atoms with Crippen molar-refractivity contribution in [3.05, 3.63) is 247 Å². The van der Waals surface area contributed by atoms with E-state index in [1.165, 1.54) is 43.3 Å². The second-order valence-corrected chi connectivity index (χ2v) is 17.1. The number of para-hydroxylation sites is 1. The number of pyridine rings is 1. The van der Waals surface area contributed by atoms with Crippen LogP contribution in [0.1, 0.15) is 22.9 Å². The molecule has 4 nitrogen and oxygen atoms in total. The van der Waals surface area contributed by atoms with Gasteiger partial charge in [-0.15, -0.1) is 0 Å². The summed E-state index contributed by atoms with van der Waals surface area (Å²) in [5, 5.41) is 17.0. The van der Waals surface area contributed by atoms with Gasteiger partial charge in [-0.3, -0.25) is 0 Å². The van der Waals surface area contributed by atoms with Gasteiger partial charge in [-0.2, -0.15) is 0 Å². The fraction of sp³-hybridized carbons (Fsp3) is 0.0161. The van der Waals surface area contributed by atoms with Crippen LogP contribution in [0.25, 0.3) is 98.3 Å². The number of nitrogens with zero attached hydrogens (tertiary/aromatic N) is 3. The molecule has 0 saturated heterocycles. The zero-order chi connectivity index (χ0) is 43.6. The summed E-state index contributed by atoms with van der Waals surface area (Å²) < 4.78 is 0. The molecule has 12 aromatic rings. The smallest absolute Gasteiger partial charge is 0.159 e. The summed E-state index contributed by atoms with van der Waals surface area (Å²) in [6.07, 6.45) is -0.335. The van der Waals surface area contributed by atoms with Crippen LogP contribution in [0.4, 0.5) is 0 Å². The largest absolute Gasteiger partial charge is 0.344 e. The number of aliphatic imine (C=N–C) groups is 2. The fourth-order valence-electron chi connectivity index (χ4n) is 10.3. The molecule has 0 amide bonds. The third-order valence-corrected chi connectivity index (χ3v) is 13.3. The van der Waals surface area contributed by atoms with E-state index in [9.17, 15) is 0 Å². The molecule has 1 aromatic heterocycles. The molecule has 1 atom stereocenters. The van der Waals surface area contributed by atoms with E-state index in [0.717, 1.165) is 77.5 Å². The van der Waals surface area contributed by atoms with E-state index in [4.69, 9.17) is 15.0 Å². The lowest BCUT2D eigenvalue weighted by atomic mass is 9.87. The summed E-state index contributed by atoms with van der Waals surface area (Å²) in [7, 11) is 0. The lowest BCUT2D eigenvalue weighted by molar-refractivity contribution is 0.674. The summed E-state index contributed by atoms with van der Waals surface area (Å²) in [6.45, 7) is 0. The molecule has 2 heterocycles. The molecule has 0 saturated carbocycles. The van der Waals surface area contributed by atoms with E-state index >= 15 is 0 Å². The van der Waals surface area contributed by atoms with Gasteiger partial charge in [0.15, 0.2) is 5.84 Å². The van der Waals surface area contributed by atoms with Gasteiger partial charge in [0.2, 0.25) is 0 Å². The SMILES string of the molecule is c1ccc(C2=NC(c3ccccc3)NC(c3cc(-c4cccc5c(-c6nc7ccccc7c7ccccc67)cccc45)cc(-c4cccc5c6ccccc6c6ccccc6c45)c3)=N2)cc1. The molecule has 1 aliphatic rings. The van der Waals surface area contributed by atoms with E-state index in [1.807, 2.05) is 24.3 Å². The highest BCUT2D eigenvalue weighted by molar-refractivity contribution is 6.28. The Labute approximate surface area is 381 Å². The zero-order valence-corrected chi connectivity index (χ0v) is 35.9. The van der Waals surface area contributed by atoms with E-state index in [-0.39, 0.29) is 6.17 Å². The maximum absolute atomic E-state index is 5.36. The average molecular weight is 841 g/mol. The normalized spacial score (nSPS) is 13.9. The molecule has 0 fully saturated rings. The summed E-state index contributed by atoms with van der Waals surface area (Å²) in [4.78, 5) is 15.9. The highest BCUT2D eigenvalue weighted by Crippen LogP contribution is 2.43. The monoisotopic (exact) mass is 840 g/mol. The molecular formula is C62H40N4. The van der Waals surface area contributed by atoms with Gasteiger partial charge in [-0.05, 0) is 101 Å². The molecule has 1 unspecified atom stereocenters. The van der Waals surface area contributed by atoms with Crippen LogP contribution in [-0.2, 0) is 0 Å². The van der Waals surface area contributed by atoms with Crippen LogP contribution in [-0.4, -0.2) is 16.7 Å². The number of rotatable bonds is 6. The average Bonchev–Trinajstić information content (AvgIpc) is 3.40. The van der Waals surface area contributed by atoms with Crippen molar-refractivity contribution in [2.24, 2.45) is 9.98 Å². The minimum absolute atomic E-state index is 0.335. The lowest BCUT2D eigenvalue weighted by Crippen LogP contribution is -2.33. The number of fused-ring (bicyclic) bond motifs is 10. The maximum Gasteiger partial charge on any atom is 0.159 e. The van der Waals surface area contributed by atoms with Crippen molar-refractivity contribution in [3.8, 4) is 33.5 Å². The van der Waals surface area contributed by atoms with Gasteiger partial charge in [-0.1, -0.05) is 206 Å². The number of nitrogens with one attached hydrogen (secondary N) is 1. The summed E-state index contributed by atoms with van der Waals surface area (Å²) >= 11 is 0. The number of benzene rings is 11. The minimum Gasteiger partial charge on any atom is -0.344 e. The van der Waals surface area contributed by atoms with Crippen molar-refractivity contribution >= 4 is 76.4 Å². The molecule has 1 N–H and O–H groups in total. The van der Waals surface area contributed by atoms with Gasteiger partial charge in [-0.25, -0.2) is 15.0 Å². The Kier molecular flexibility index (Phi) is 8.88. The number of hydrogen-bond acceptors (Lipinski definition) is 4. The van der Waals surface area contributed by atoms with Crippen LogP contribution in [0, 0.1) is 0 Å². The van der Waals surface area contributed by atoms with Crippen molar-refractivity contribution < 1.29 is 0 Å². The second kappa shape index (κ2) is 15.5. The van der Waals surface area contributed by atoms with Crippen LogP contribution in [0.3, 0.4) is 0 Å². The van der Waals surface area contributed by atoms with Gasteiger partial charge in [0, 0.05) is 27.5 Å². The Morgan fingerprint density at radius 2 is 0.803 bits per heavy atom. The third kappa shape index (κ3) is 6.26. The van der Waals surface area contributed by atoms with Crippen molar-refractivity contribution in [2.45, 2.75) is 6.17 Å². The van der Waals surface area contributed by atoms with E-state index < -0.39 is 0 Å². The number of aromatic nitrogens is 1. The fourth-order valence-corrected chi connectivity index (χ4v) is 10.3. The van der Waals surface area contributed by atoms with Crippen molar-refractivity contribution in [1.82, 2.24) is 10.3 Å². The molecular weight excluding hydrogens is 801 g/mol. The first-order chi connectivity index (χ1) is 32.7. The molecule has 66 heavy (non-hydrogen) atoms. The molecule has 1 aliphatic heterocycles. The Morgan fingerprint density at radius 3 is 1.50 bits per heavy atom. The maximum atomic E-state index is 5.36. The van der Waals surface area contributed by atoms with Crippen LogP contribution < -0.4 is 5.32 Å². The molecule has 0 aliphatic carbocycles. The van der Waals surface area contributed by atoms with Crippen LogP contribution in [0.2, 0.25) is 0 Å². The Bertz CT molecular complexity index is 3920. The Morgan fingerprint density at radius 1 is 0.333 bits per heavy atom. The molecule has 13 rings (SSSR count). The summed E-state index contributed by atoms with van der Waals surface area (Å²) in [5.41, 5.74) is 10.6. The number of hydrogen-bond donors (Lipinski definition) is 1. The predicted molar refractivity (Wildman–Crippen MR) is 277 cm³/mol. The van der Waals surface area contributed by atoms with Crippen LogP contribution in [0.15, 0.2) is 241 Å². The van der Waals surface area contributed by atoms with E-state index in [2.05, 4.69) is 212 Å². The van der Waals surface area contributed by atoms with Gasteiger partial charge in [0.05, 0.1) is 11.2 Å². The first-order valence-electron chi connectivity index (χ1n) is 22.5. The molecule has 0 radical (unpaired) electrons. The van der Waals surface area contributed by atoms with Gasteiger partial charge in [0.1, 0.15) is 12.0 Å². The standard InChI is InChI=1S/C62H40N4/c1-3-18-39(19-4-1)60-64-61(40-20-5-2-6-21-40)66-62(65-60)43-37-41(36-42(38-43)45-30-16-33-54-49-23-8-7-22-47(49)48-24-9-11-27-53(48)58(45)54)44-29-15-32-50-46(44)31-17-34-56(50)59-55-28-12-10-25-51(55)52-26-13-14-35-57(52)63-59/h1-38,60H,(H,64,65,66). The van der Waals surface area contributed by atoms with Crippen LogP contribution >= 0.6 is 0 Å². The summed E-state index contributed by atoms with van der Waals surface area (Å²) in [5.74, 6) is 1.46. The number of amidine groups is 2. The highest BCUT2D eigenvalue weighted by Gasteiger charge is 2.23. The molecule has 0 bridgehead atoms. The van der Waals surface area contributed by atoms with Crippen molar-refractivity contribution in [2.75, 3.05) is 0 Å². The third-order valence-electron chi connectivity index (χ3n) is 13.3. The van der Waals surface area contributed by atoms with Gasteiger partial charge >= 0.3 is 0 Å². The predicted octanol–water partition coefficient (Wildman–Crippen LogP) is 15.5. The van der Waals surface area contributed by atoms with Crippen molar-refractivity contribution in [1.29, 1.82) is 0 Å². The minimum atomic E-state index is -0.335. The second-order valence-electron chi connectivity index (χ2n) is 17.1. The molecule has 4 heteroatoms. The van der Waals surface area contributed by atoms with Gasteiger partial charge in [0.25, 0.3) is 0 Å². The van der Waals surface area contributed by atoms with Crippen LogP contribution in [0.5, 0.6) is 0 Å². The van der Waals surface area contributed by atoms with Crippen molar-refractivity contribution in [3.63, 3.8) is 0 Å². The quantitative estimate of drug-likeness (QED) is 0.170. The highest BCUT2D eigenvalue weighted by atomic mass is 15.2. The molecule has 0 spiro atoms. The topological polar surface area (TPSA) is 49.6 Å². The van der Waals surface area contributed by atoms with Gasteiger partial charge < -0.3 is 5.32 Å². The molecule has 11 aromatic carbocycles. The summed E-state index contributed by atoms with van der Waals surface area (Å²) in [6, 6.07) is 82.5. The van der Waals surface area contributed by atoms with E-state index in [0.29, 0.717) is 5.84 Å². The lowest BCUT2D eigenvalue weighted by Gasteiger charge is -2.24. The Balaban J connectivity index is 1.07. The van der Waals surface area contributed by atoms with E-state index in [1.54, 1.807) is 0 Å². The zero-order valence-electron chi connectivity index (χ0n) is 35.9. The Hall–Kier alpha value is -8.73. The molecule has 308 valence electrons. The first-order valence-corrected chi connectivity index (χ1v) is 22.5. The first kappa shape index (κ1) is 37.8.